The second-order valence-electron chi connectivity index (χ2n) is 3.76. The summed E-state index contributed by atoms with van der Waals surface area (Å²) in [5.74, 6) is -3.05. The van der Waals surface area contributed by atoms with Crippen molar-refractivity contribution in [3.8, 4) is 5.75 Å². The number of ether oxygens (including phenoxy) is 1. The molecule has 0 aliphatic rings. The highest BCUT2D eigenvalue weighted by atomic mass is 19.3. The van der Waals surface area contributed by atoms with Gasteiger partial charge in [0.1, 0.15) is 11.5 Å². The third-order valence-corrected chi connectivity index (χ3v) is 2.21. The van der Waals surface area contributed by atoms with Gasteiger partial charge in [-0.15, -0.1) is 0 Å². The molecule has 0 spiro atoms. The van der Waals surface area contributed by atoms with Crippen LogP contribution in [0.4, 0.5) is 8.78 Å². The molecular formula is C12H14F2O2. The van der Waals surface area contributed by atoms with Crippen molar-refractivity contribution in [2.24, 2.45) is 0 Å². The number of Topliss-reactive ketones (excluding diaryl/α,β-unsaturated/α-hetero) is 1. The van der Waals surface area contributed by atoms with Crippen molar-refractivity contribution in [3.63, 3.8) is 0 Å². The number of methoxy groups -OCH3 is 1. The summed E-state index contributed by atoms with van der Waals surface area (Å²) in [4.78, 5) is 11.0. The van der Waals surface area contributed by atoms with E-state index in [9.17, 15) is 13.6 Å². The van der Waals surface area contributed by atoms with Gasteiger partial charge < -0.3 is 4.74 Å². The maximum absolute atomic E-state index is 13.4. The lowest BCUT2D eigenvalue weighted by atomic mass is 9.97. The minimum Gasteiger partial charge on any atom is -0.496 e. The molecule has 0 aliphatic heterocycles. The largest absolute Gasteiger partial charge is 0.496 e. The number of carbonyl (C=O) groups is 1. The molecule has 0 aliphatic carbocycles. The maximum atomic E-state index is 13.4. The Balaban J connectivity index is 3.32. The molecule has 1 rings (SSSR count). The van der Waals surface area contributed by atoms with Crippen molar-refractivity contribution in [2.45, 2.75) is 26.2 Å². The third kappa shape index (κ3) is 2.78. The number of rotatable bonds is 4. The van der Waals surface area contributed by atoms with E-state index >= 15 is 0 Å². The normalized spacial score (nSPS) is 11.3. The predicted octanol–water partition coefficient (Wildman–Crippen LogP) is 2.94. The molecule has 0 atom stereocenters. The zero-order chi connectivity index (χ0) is 12.3. The van der Waals surface area contributed by atoms with Crippen molar-refractivity contribution in [2.75, 3.05) is 7.11 Å². The Hall–Kier alpha value is -1.45. The van der Waals surface area contributed by atoms with E-state index in [-0.39, 0.29) is 23.5 Å². The Morgan fingerprint density at radius 2 is 2.06 bits per heavy atom. The molecule has 16 heavy (non-hydrogen) atoms. The van der Waals surface area contributed by atoms with E-state index < -0.39 is 5.92 Å². The highest BCUT2D eigenvalue weighted by Crippen LogP contribution is 2.37. The Morgan fingerprint density at radius 3 is 2.50 bits per heavy atom. The molecule has 0 heterocycles. The first-order chi connectivity index (χ1) is 7.36. The first kappa shape index (κ1) is 12.6. The van der Waals surface area contributed by atoms with E-state index in [1.807, 2.05) is 0 Å². The van der Waals surface area contributed by atoms with Crippen LogP contribution in [0.2, 0.25) is 0 Å². The summed E-state index contributed by atoms with van der Waals surface area (Å²) < 4.78 is 31.7. The monoisotopic (exact) mass is 228 g/mol. The quantitative estimate of drug-likeness (QED) is 0.792. The molecular weight excluding hydrogens is 214 g/mol. The lowest BCUT2D eigenvalue weighted by Gasteiger charge is -2.18. The molecule has 0 unspecified atom stereocenters. The first-order valence-electron chi connectivity index (χ1n) is 4.90. The molecule has 88 valence electrons. The molecule has 0 bridgehead atoms. The second-order valence-corrected chi connectivity index (χ2v) is 3.76. The highest BCUT2D eigenvalue weighted by molar-refractivity contribution is 5.79. The molecule has 0 amide bonds. The van der Waals surface area contributed by atoms with Gasteiger partial charge in [-0.3, -0.25) is 4.79 Å². The smallest absolute Gasteiger partial charge is 0.274 e. The third-order valence-electron chi connectivity index (χ3n) is 2.21. The molecule has 4 heteroatoms. The van der Waals surface area contributed by atoms with Crippen molar-refractivity contribution < 1.29 is 18.3 Å². The van der Waals surface area contributed by atoms with Crippen LogP contribution in [-0.2, 0) is 17.1 Å². The fourth-order valence-corrected chi connectivity index (χ4v) is 1.66. The molecule has 1 aromatic rings. The van der Waals surface area contributed by atoms with Gasteiger partial charge in [0.2, 0.25) is 0 Å². The molecule has 0 saturated carbocycles. The molecule has 0 N–H and O–H groups in total. The molecule has 1 aromatic carbocycles. The van der Waals surface area contributed by atoms with Crippen LogP contribution in [0.5, 0.6) is 5.75 Å². The van der Waals surface area contributed by atoms with E-state index in [0.717, 1.165) is 6.92 Å². The van der Waals surface area contributed by atoms with Gasteiger partial charge in [0.15, 0.2) is 0 Å². The van der Waals surface area contributed by atoms with Crippen molar-refractivity contribution in [3.05, 3.63) is 29.3 Å². The average molecular weight is 228 g/mol. The zero-order valence-electron chi connectivity index (χ0n) is 9.51. The molecule has 0 saturated heterocycles. The topological polar surface area (TPSA) is 26.3 Å². The molecule has 0 aromatic heterocycles. The van der Waals surface area contributed by atoms with Crippen molar-refractivity contribution in [1.29, 1.82) is 0 Å². The standard InChI is InChI=1S/C12H14F2O2/c1-8(15)7-9-5-4-6-10(16-3)11(9)12(2,13)14/h4-6H,7H2,1-3H3. The lowest BCUT2D eigenvalue weighted by Crippen LogP contribution is -2.14. The number of hydrogen-bond acceptors (Lipinski definition) is 2. The van der Waals surface area contributed by atoms with Crippen molar-refractivity contribution in [1.82, 2.24) is 0 Å². The highest BCUT2D eigenvalue weighted by Gasteiger charge is 2.31. The van der Waals surface area contributed by atoms with Gasteiger partial charge >= 0.3 is 0 Å². The van der Waals surface area contributed by atoms with E-state index in [1.165, 1.54) is 26.2 Å². The fourth-order valence-electron chi connectivity index (χ4n) is 1.66. The van der Waals surface area contributed by atoms with Crippen LogP contribution in [0, 0.1) is 0 Å². The number of alkyl halides is 2. The van der Waals surface area contributed by atoms with Gasteiger partial charge in [-0.05, 0) is 18.6 Å². The predicted molar refractivity (Wildman–Crippen MR) is 56.9 cm³/mol. The Morgan fingerprint density at radius 1 is 1.44 bits per heavy atom. The molecule has 0 radical (unpaired) electrons. The number of carbonyl (C=O) groups excluding carboxylic acids is 1. The van der Waals surface area contributed by atoms with Crippen LogP contribution in [0.25, 0.3) is 0 Å². The fraction of sp³-hybridized carbons (Fsp3) is 0.417. The Bertz CT molecular complexity index is 394. The molecule has 2 nitrogen and oxygen atoms in total. The first-order valence-corrected chi connectivity index (χ1v) is 4.90. The number of halogens is 2. The number of benzene rings is 1. The van der Waals surface area contributed by atoms with Gasteiger partial charge in [-0.2, -0.15) is 0 Å². The van der Waals surface area contributed by atoms with E-state index in [2.05, 4.69) is 0 Å². The van der Waals surface area contributed by atoms with Crippen molar-refractivity contribution >= 4 is 5.78 Å². The van der Waals surface area contributed by atoms with Gasteiger partial charge in [0.25, 0.3) is 5.92 Å². The summed E-state index contributed by atoms with van der Waals surface area (Å²) >= 11 is 0. The Kier molecular flexibility index (Phi) is 3.62. The van der Waals surface area contributed by atoms with Gasteiger partial charge in [-0.1, -0.05) is 12.1 Å². The Labute approximate surface area is 93.2 Å². The van der Waals surface area contributed by atoms with E-state index in [4.69, 9.17) is 4.74 Å². The van der Waals surface area contributed by atoms with Gasteiger partial charge in [-0.25, -0.2) is 8.78 Å². The SMILES string of the molecule is COc1cccc(CC(C)=O)c1C(C)(F)F. The lowest BCUT2D eigenvalue weighted by molar-refractivity contribution is -0.116. The summed E-state index contributed by atoms with van der Waals surface area (Å²) in [5.41, 5.74) is 0.118. The van der Waals surface area contributed by atoms with Crippen LogP contribution in [-0.4, -0.2) is 12.9 Å². The van der Waals surface area contributed by atoms with Crippen LogP contribution < -0.4 is 4.74 Å². The maximum Gasteiger partial charge on any atom is 0.274 e. The van der Waals surface area contributed by atoms with Crippen LogP contribution in [0.3, 0.4) is 0 Å². The summed E-state index contributed by atoms with van der Waals surface area (Å²) in [5, 5.41) is 0. The van der Waals surface area contributed by atoms with Crippen LogP contribution in [0.1, 0.15) is 25.0 Å². The average Bonchev–Trinajstić information content (AvgIpc) is 2.14. The molecule has 0 fully saturated rings. The van der Waals surface area contributed by atoms with Gasteiger partial charge in [0, 0.05) is 13.3 Å². The summed E-state index contributed by atoms with van der Waals surface area (Å²) in [7, 11) is 1.34. The van der Waals surface area contributed by atoms with E-state index in [1.54, 1.807) is 6.07 Å². The van der Waals surface area contributed by atoms with Gasteiger partial charge in [0.05, 0.1) is 12.7 Å². The summed E-state index contributed by atoms with van der Waals surface area (Å²) in [6.07, 6.45) is -0.00400. The summed E-state index contributed by atoms with van der Waals surface area (Å²) in [6.45, 7) is 2.17. The zero-order valence-corrected chi connectivity index (χ0v) is 9.51. The van der Waals surface area contributed by atoms with Crippen LogP contribution >= 0.6 is 0 Å². The van der Waals surface area contributed by atoms with Crippen LogP contribution in [0.15, 0.2) is 18.2 Å². The number of ketones is 1. The minimum absolute atomic E-state index is 0.00400. The second kappa shape index (κ2) is 4.60. The van der Waals surface area contributed by atoms with E-state index in [0.29, 0.717) is 5.56 Å². The summed E-state index contributed by atoms with van der Waals surface area (Å²) in [6, 6.07) is 4.60. The number of hydrogen-bond donors (Lipinski definition) is 0. The minimum atomic E-state index is -3.02.